The highest BCUT2D eigenvalue weighted by Gasteiger charge is 2.23. The number of benzene rings is 1. The van der Waals surface area contributed by atoms with Crippen molar-refractivity contribution in [2.45, 2.75) is 37.8 Å². The number of carboxylic acids is 1. The Kier molecular flexibility index (Phi) is 5.20. The minimum atomic E-state index is -0.791. The zero-order valence-electron chi connectivity index (χ0n) is 11.0. The van der Waals surface area contributed by atoms with Crippen LogP contribution in [0.15, 0.2) is 18.2 Å². The van der Waals surface area contributed by atoms with E-state index < -0.39 is 11.8 Å². The van der Waals surface area contributed by atoms with E-state index in [4.69, 9.17) is 16.7 Å². The number of rotatable bonds is 5. The average molecular weight is 300 g/mol. The number of carbonyl (C=O) groups is 1. The summed E-state index contributed by atoms with van der Waals surface area (Å²) in [6, 6.07) is 4.84. The summed E-state index contributed by atoms with van der Waals surface area (Å²) in [7, 11) is 0. The second kappa shape index (κ2) is 6.90. The van der Waals surface area contributed by atoms with Crippen molar-refractivity contribution < 1.29 is 14.3 Å². The molecule has 2 rings (SSSR count). The van der Waals surface area contributed by atoms with Gasteiger partial charge in [0.2, 0.25) is 0 Å². The Morgan fingerprint density at radius 3 is 3.05 bits per heavy atom. The molecule has 0 aliphatic carbocycles. The van der Waals surface area contributed by atoms with Crippen molar-refractivity contribution >= 4 is 23.3 Å². The number of halogens is 2. The van der Waals surface area contributed by atoms with Crippen molar-refractivity contribution in [2.24, 2.45) is 0 Å². The largest absolute Gasteiger partial charge is 0.481 e. The molecular formula is C14H17ClFN2O2. The lowest BCUT2D eigenvalue weighted by Gasteiger charge is -2.30. The van der Waals surface area contributed by atoms with Crippen LogP contribution in [0.1, 0.15) is 25.7 Å². The smallest absolute Gasteiger partial charge is 0.303 e. The maximum atomic E-state index is 13.1. The average Bonchev–Trinajstić information content (AvgIpc) is 2.41. The van der Waals surface area contributed by atoms with E-state index in [0.29, 0.717) is 6.42 Å². The van der Waals surface area contributed by atoms with Crippen LogP contribution in [0.25, 0.3) is 0 Å². The standard InChI is InChI=1S/C14H17ClFN2O2/c15-12-8-10(1-3-13(12)16)18-11-5-6-17-9(7-11)2-4-14(19)20/h1,3,8-9,11,18H,2,4-7H2,(H,19,20). The normalized spacial score (nSPS) is 22.5. The van der Waals surface area contributed by atoms with Gasteiger partial charge in [0.15, 0.2) is 0 Å². The van der Waals surface area contributed by atoms with Gasteiger partial charge in [-0.15, -0.1) is 0 Å². The monoisotopic (exact) mass is 299 g/mol. The van der Waals surface area contributed by atoms with E-state index >= 15 is 0 Å². The Bertz CT molecular complexity index is 484. The Morgan fingerprint density at radius 1 is 1.55 bits per heavy atom. The zero-order chi connectivity index (χ0) is 14.5. The van der Waals surface area contributed by atoms with Crippen LogP contribution in [0.4, 0.5) is 10.1 Å². The molecule has 1 aliphatic heterocycles. The fraction of sp³-hybridized carbons (Fsp3) is 0.500. The Hall–Kier alpha value is -1.33. The molecule has 1 heterocycles. The SMILES string of the molecule is O=C(O)CCC1CC(Nc2ccc(F)c(Cl)c2)CC[N]1. The number of hydrogen-bond acceptors (Lipinski definition) is 2. The van der Waals surface area contributed by atoms with Crippen LogP contribution in [0.2, 0.25) is 5.02 Å². The molecule has 6 heteroatoms. The molecule has 1 aromatic rings. The number of aliphatic carboxylic acids is 1. The molecule has 1 radical (unpaired) electrons. The Morgan fingerprint density at radius 2 is 2.35 bits per heavy atom. The first-order chi connectivity index (χ1) is 9.54. The van der Waals surface area contributed by atoms with E-state index in [1.54, 1.807) is 12.1 Å². The number of nitrogens with one attached hydrogen (secondary N) is 1. The Balaban J connectivity index is 1.88. The predicted molar refractivity (Wildman–Crippen MR) is 75.7 cm³/mol. The van der Waals surface area contributed by atoms with Crippen molar-refractivity contribution in [1.82, 2.24) is 5.32 Å². The van der Waals surface area contributed by atoms with Crippen LogP contribution < -0.4 is 10.6 Å². The van der Waals surface area contributed by atoms with Gasteiger partial charge in [-0.1, -0.05) is 11.6 Å². The van der Waals surface area contributed by atoms with Gasteiger partial charge in [0.25, 0.3) is 0 Å². The third-order valence-corrected chi connectivity index (χ3v) is 3.69. The molecule has 0 saturated carbocycles. The molecule has 1 aliphatic rings. The fourth-order valence-electron chi connectivity index (χ4n) is 2.39. The van der Waals surface area contributed by atoms with Crippen LogP contribution in [0.5, 0.6) is 0 Å². The third kappa shape index (κ3) is 4.35. The second-order valence-electron chi connectivity index (χ2n) is 4.99. The zero-order valence-corrected chi connectivity index (χ0v) is 11.7. The molecule has 1 fully saturated rings. The van der Waals surface area contributed by atoms with Gasteiger partial charge in [0, 0.05) is 30.7 Å². The molecule has 2 atom stereocenters. The first-order valence-corrected chi connectivity index (χ1v) is 7.02. The van der Waals surface area contributed by atoms with Crippen LogP contribution >= 0.6 is 11.6 Å². The molecule has 1 saturated heterocycles. The highest BCUT2D eigenvalue weighted by molar-refractivity contribution is 6.31. The molecule has 2 N–H and O–H groups in total. The van der Waals surface area contributed by atoms with Crippen LogP contribution in [-0.4, -0.2) is 29.7 Å². The van der Waals surface area contributed by atoms with Gasteiger partial charge in [-0.3, -0.25) is 4.79 Å². The summed E-state index contributed by atoms with van der Waals surface area (Å²) in [5.41, 5.74) is 0.778. The molecule has 4 nitrogen and oxygen atoms in total. The molecule has 109 valence electrons. The van der Waals surface area contributed by atoms with E-state index in [9.17, 15) is 9.18 Å². The Labute approximate surface area is 122 Å². The van der Waals surface area contributed by atoms with Gasteiger partial charge in [-0.2, -0.15) is 0 Å². The second-order valence-corrected chi connectivity index (χ2v) is 5.39. The maximum absolute atomic E-state index is 13.1. The summed E-state index contributed by atoms with van der Waals surface area (Å²) >= 11 is 5.75. The van der Waals surface area contributed by atoms with Gasteiger partial charge in [-0.25, -0.2) is 9.71 Å². The van der Waals surface area contributed by atoms with Crippen molar-refractivity contribution in [3.8, 4) is 0 Å². The molecule has 1 aromatic carbocycles. The first-order valence-electron chi connectivity index (χ1n) is 6.64. The fourth-order valence-corrected chi connectivity index (χ4v) is 2.57. The lowest BCUT2D eigenvalue weighted by molar-refractivity contribution is -0.137. The molecule has 0 bridgehead atoms. The summed E-state index contributed by atoms with van der Waals surface area (Å²) in [6.07, 6.45) is 2.39. The number of hydrogen-bond donors (Lipinski definition) is 2. The number of carboxylic acid groups (broad SMARTS) is 1. The summed E-state index contributed by atoms with van der Waals surface area (Å²) in [5.74, 6) is -1.23. The maximum Gasteiger partial charge on any atom is 0.303 e. The minimum Gasteiger partial charge on any atom is -0.481 e. The van der Waals surface area contributed by atoms with Gasteiger partial charge in [0.1, 0.15) is 5.82 Å². The quantitative estimate of drug-likeness (QED) is 0.879. The van der Waals surface area contributed by atoms with Gasteiger partial charge < -0.3 is 10.4 Å². The third-order valence-electron chi connectivity index (χ3n) is 3.40. The summed E-state index contributed by atoms with van der Waals surface area (Å²) in [4.78, 5) is 10.6. The summed E-state index contributed by atoms with van der Waals surface area (Å²) < 4.78 is 13.1. The van der Waals surface area contributed by atoms with Gasteiger partial charge >= 0.3 is 5.97 Å². The predicted octanol–water partition coefficient (Wildman–Crippen LogP) is 2.89. The van der Waals surface area contributed by atoms with Crippen molar-refractivity contribution in [2.75, 3.05) is 11.9 Å². The minimum absolute atomic E-state index is 0.0771. The van der Waals surface area contributed by atoms with Crippen molar-refractivity contribution in [3.05, 3.63) is 29.0 Å². The lowest BCUT2D eigenvalue weighted by Crippen LogP contribution is -2.39. The topological polar surface area (TPSA) is 63.4 Å². The van der Waals surface area contributed by atoms with E-state index in [2.05, 4.69) is 10.6 Å². The van der Waals surface area contributed by atoms with E-state index in [-0.39, 0.29) is 23.5 Å². The van der Waals surface area contributed by atoms with Crippen LogP contribution in [-0.2, 0) is 4.79 Å². The van der Waals surface area contributed by atoms with Gasteiger partial charge in [0.05, 0.1) is 5.02 Å². The molecule has 0 spiro atoms. The van der Waals surface area contributed by atoms with Crippen LogP contribution in [0.3, 0.4) is 0 Å². The van der Waals surface area contributed by atoms with E-state index in [1.165, 1.54) is 6.07 Å². The van der Waals surface area contributed by atoms with Crippen LogP contribution in [0, 0.1) is 5.82 Å². The molecule has 2 unspecified atom stereocenters. The lowest BCUT2D eigenvalue weighted by atomic mass is 9.96. The highest BCUT2D eigenvalue weighted by Crippen LogP contribution is 2.23. The number of nitrogens with zero attached hydrogens (tertiary/aromatic N) is 1. The highest BCUT2D eigenvalue weighted by atomic mass is 35.5. The van der Waals surface area contributed by atoms with E-state index in [1.807, 2.05) is 0 Å². The van der Waals surface area contributed by atoms with E-state index in [0.717, 1.165) is 25.1 Å². The summed E-state index contributed by atoms with van der Waals surface area (Å²) in [5, 5.41) is 16.5. The number of piperidine rings is 1. The summed E-state index contributed by atoms with van der Waals surface area (Å²) in [6.45, 7) is 0.719. The molecule has 20 heavy (non-hydrogen) atoms. The number of anilines is 1. The van der Waals surface area contributed by atoms with Crippen molar-refractivity contribution in [1.29, 1.82) is 0 Å². The first kappa shape index (κ1) is 15.1. The molecule has 0 aromatic heterocycles. The molecular weight excluding hydrogens is 283 g/mol. The van der Waals surface area contributed by atoms with Gasteiger partial charge in [-0.05, 0) is 37.5 Å². The molecule has 0 amide bonds. The van der Waals surface area contributed by atoms with Crippen molar-refractivity contribution in [3.63, 3.8) is 0 Å².